The minimum absolute atomic E-state index is 0.119. The average Bonchev–Trinajstić information content (AvgIpc) is 2.38. The second-order valence-electron chi connectivity index (χ2n) is 5.44. The minimum atomic E-state index is -4.10. The Balaban J connectivity index is 2.05. The van der Waals surface area contributed by atoms with Crippen LogP contribution in [0.2, 0.25) is 5.02 Å². The van der Waals surface area contributed by atoms with Crippen molar-refractivity contribution in [1.29, 1.82) is 0 Å². The molecule has 1 aromatic rings. The van der Waals surface area contributed by atoms with E-state index >= 15 is 0 Å². The highest BCUT2D eigenvalue weighted by atomic mass is 35.5. The van der Waals surface area contributed by atoms with Crippen molar-refractivity contribution in [1.82, 2.24) is 0 Å². The van der Waals surface area contributed by atoms with Crippen LogP contribution in [-0.2, 0) is 0 Å². The fourth-order valence-corrected chi connectivity index (χ4v) is 2.94. The van der Waals surface area contributed by atoms with Gasteiger partial charge in [0.05, 0.1) is 5.92 Å². The number of hydrogen-bond donors (Lipinski definition) is 2. The number of halogens is 4. The first-order chi connectivity index (χ1) is 9.35. The average molecular weight is 307 g/mol. The molecule has 0 amide bonds. The van der Waals surface area contributed by atoms with Crippen molar-refractivity contribution < 1.29 is 13.2 Å². The van der Waals surface area contributed by atoms with Crippen LogP contribution in [0, 0.1) is 5.92 Å². The molecule has 0 atom stereocenters. The summed E-state index contributed by atoms with van der Waals surface area (Å²) in [6, 6.07) is 7.16. The summed E-state index contributed by atoms with van der Waals surface area (Å²) in [6.07, 6.45) is -3.03. The smallest absolute Gasteiger partial charge is 0.378 e. The molecule has 112 valence electrons. The van der Waals surface area contributed by atoms with Gasteiger partial charge in [-0.3, -0.25) is 0 Å². The SMILES string of the molecule is NCC1(Nc2cccc(Cl)c2)CCC(C(F)(F)F)CC1. The fourth-order valence-electron chi connectivity index (χ4n) is 2.75. The normalized spacial score (nSPS) is 27.4. The van der Waals surface area contributed by atoms with E-state index in [-0.39, 0.29) is 12.8 Å². The van der Waals surface area contributed by atoms with Crippen molar-refractivity contribution in [3.8, 4) is 0 Å². The summed E-state index contributed by atoms with van der Waals surface area (Å²) in [5.74, 6) is -1.21. The highest BCUT2D eigenvalue weighted by Crippen LogP contribution is 2.42. The highest BCUT2D eigenvalue weighted by Gasteiger charge is 2.45. The van der Waals surface area contributed by atoms with Gasteiger partial charge in [-0.25, -0.2) is 0 Å². The van der Waals surface area contributed by atoms with Gasteiger partial charge >= 0.3 is 6.18 Å². The van der Waals surface area contributed by atoms with Gasteiger partial charge in [-0.2, -0.15) is 13.2 Å². The Morgan fingerprint density at radius 3 is 2.45 bits per heavy atom. The predicted octanol–water partition coefficient (Wildman–Crippen LogP) is 4.20. The quantitative estimate of drug-likeness (QED) is 0.878. The highest BCUT2D eigenvalue weighted by molar-refractivity contribution is 6.30. The monoisotopic (exact) mass is 306 g/mol. The molecule has 1 saturated carbocycles. The van der Waals surface area contributed by atoms with E-state index in [4.69, 9.17) is 17.3 Å². The third-order valence-electron chi connectivity index (χ3n) is 4.03. The molecule has 20 heavy (non-hydrogen) atoms. The first-order valence-electron chi connectivity index (χ1n) is 6.65. The maximum absolute atomic E-state index is 12.7. The maximum Gasteiger partial charge on any atom is 0.391 e. The zero-order chi connectivity index (χ0) is 14.8. The molecule has 3 N–H and O–H groups in total. The number of nitrogens with one attached hydrogen (secondary N) is 1. The molecule has 0 aromatic heterocycles. The Morgan fingerprint density at radius 2 is 1.95 bits per heavy atom. The van der Waals surface area contributed by atoms with Crippen molar-refractivity contribution in [3.63, 3.8) is 0 Å². The Bertz CT molecular complexity index is 454. The molecule has 0 aliphatic heterocycles. The Labute approximate surface area is 121 Å². The molecular weight excluding hydrogens is 289 g/mol. The van der Waals surface area contributed by atoms with E-state index in [0.29, 0.717) is 24.4 Å². The third kappa shape index (κ3) is 3.58. The lowest BCUT2D eigenvalue weighted by molar-refractivity contribution is -0.183. The van der Waals surface area contributed by atoms with Crippen LogP contribution in [0.1, 0.15) is 25.7 Å². The van der Waals surface area contributed by atoms with Crippen LogP contribution in [0.25, 0.3) is 0 Å². The van der Waals surface area contributed by atoms with Gasteiger partial charge < -0.3 is 11.1 Å². The van der Waals surface area contributed by atoms with Crippen LogP contribution in [0.5, 0.6) is 0 Å². The summed E-state index contributed by atoms with van der Waals surface area (Å²) in [5.41, 5.74) is 6.14. The molecule has 0 bridgehead atoms. The second kappa shape index (κ2) is 5.82. The molecule has 0 unspecified atom stereocenters. The zero-order valence-corrected chi connectivity index (χ0v) is 11.8. The standard InChI is InChI=1S/C14H18ClF3N2/c15-11-2-1-3-12(8-11)20-13(9-19)6-4-10(5-7-13)14(16,17)18/h1-3,8,10,20H,4-7,9,19H2. The molecule has 0 spiro atoms. The van der Waals surface area contributed by atoms with Gasteiger partial charge in [-0.1, -0.05) is 17.7 Å². The molecule has 2 nitrogen and oxygen atoms in total. The van der Waals surface area contributed by atoms with E-state index in [2.05, 4.69) is 5.32 Å². The summed E-state index contributed by atoms with van der Waals surface area (Å²) in [6.45, 7) is 0.310. The van der Waals surface area contributed by atoms with Crippen LogP contribution < -0.4 is 11.1 Å². The molecular formula is C14H18ClF3N2. The van der Waals surface area contributed by atoms with E-state index in [0.717, 1.165) is 5.69 Å². The van der Waals surface area contributed by atoms with Crippen LogP contribution in [-0.4, -0.2) is 18.3 Å². The molecule has 0 radical (unpaired) electrons. The van der Waals surface area contributed by atoms with Gasteiger partial charge in [-0.15, -0.1) is 0 Å². The van der Waals surface area contributed by atoms with Gasteiger partial charge in [0.2, 0.25) is 0 Å². The number of nitrogens with two attached hydrogens (primary N) is 1. The first-order valence-corrected chi connectivity index (χ1v) is 7.03. The summed E-state index contributed by atoms with van der Waals surface area (Å²) in [7, 11) is 0. The van der Waals surface area contributed by atoms with Crippen LogP contribution >= 0.6 is 11.6 Å². The topological polar surface area (TPSA) is 38.0 Å². The molecule has 1 aliphatic rings. The summed E-state index contributed by atoms with van der Waals surface area (Å²) >= 11 is 5.91. The predicted molar refractivity (Wildman–Crippen MR) is 74.9 cm³/mol. The van der Waals surface area contributed by atoms with Gasteiger partial charge in [0.25, 0.3) is 0 Å². The molecule has 6 heteroatoms. The van der Waals surface area contributed by atoms with E-state index in [9.17, 15) is 13.2 Å². The zero-order valence-electron chi connectivity index (χ0n) is 11.0. The fraction of sp³-hybridized carbons (Fsp3) is 0.571. The largest absolute Gasteiger partial charge is 0.391 e. The van der Waals surface area contributed by atoms with Crippen LogP contribution in [0.4, 0.5) is 18.9 Å². The van der Waals surface area contributed by atoms with Crippen molar-refractivity contribution >= 4 is 17.3 Å². The number of alkyl halides is 3. The van der Waals surface area contributed by atoms with E-state index < -0.39 is 17.6 Å². The summed E-state index contributed by atoms with van der Waals surface area (Å²) in [5, 5.41) is 3.87. The summed E-state index contributed by atoms with van der Waals surface area (Å²) < 4.78 is 38.1. The lowest BCUT2D eigenvalue weighted by Gasteiger charge is -2.41. The molecule has 0 heterocycles. The maximum atomic E-state index is 12.7. The van der Waals surface area contributed by atoms with Gasteiger partial charge in [0.1, 0.15) is 0 Å². The number of benzene rings is 1. The van der Waals surface area contributed by atoms with Crippen molar-refractivity contribution in [2.24, 2.45) is 11.7 Å². The van der Waals surface area contributed by atoms with Gasteiger partial charge in [0, 0.05) is 22.8 Å². The van der Waals surface area contributed by atoms with E-state index in [1.54, 1.807) is 18.2 Å². The Hall–Kier alpha value is -0.940. The van der Waals surface area contributed by atoms with E-state index in [1.165, 1.54) is 0 Å². The number of anilines is 1. The van der Waals surface area contributed by atoms with Crippen molar-refractivity contribution in [2.75, 3.05) is 11.9 Å². The number of rotatable bonds is 3. The molecule has 2 rings (SSSR count). The Morgan fingerprint density at radius 1 is 1.30 bits per heavy atom. The third-order valence-corrected chi connectivity index (χ3v) is 4.27. The lowest BCUT2D eigenvalue weighted by atomic mass is 9.76. The molecule has 0 saturated heterocycles. The lowest BCUT2D eigenvalue weighted by Crippen LogP contribution is -2.49. The minimum Gasteiger partial charge on any atom is -0.378 e. The van der Waals surface area contributed by atoms with Crippen molar-refractivity contribution in [2.45, 2.75) is 37.4 Å². The molecule has 1 aromatic carbocycles. The molecule has 1 fully saturated rings. The number of hydrogen-bond acceptors (Lipinski definition) is 2. The van der Waals surface area contributed by atoms with Gasteiger partial charge in [-0.05, 0) is 43.9 Å². The summed E-state index contributed by atoms with van der Waals surface area (Å²) in [4.78, 5) is 0. The Kier molecular flexibility index (Phi) is 4.49. The van der Waals surface area contributed by atoms with Crippen LogP contribution in [0.3, 0.4) is 0 Å². The van der Waals surface area contributed by atoms with Crippen LogP contribution in [0.15, 0.2) is 24.3 Å². The second-order valence-corrected chi connectivity index (χ2v) is 5.87. The molecule has 1 aliphatic carbocycles. The van der Waals surface area contributed by atoms with Gasteiger partial charge in [0.15, 0.2) is 0 Å². The van der Waals surface area contributed by atoms with Crippen molar-refractivity contribution in [3.05, 3.63) is 29.3 Å². The van der Waals surface area contributed by atoms with E-state index in [1.807, 2.05) is 6.07 Å². The first kappa shape index (κ1) is 15.4.